The summed E-state index contributed by atoms with van der Waals surface area (Å²) in [6, 6.07) is 0. The molecule has 7 heteroatoms. The van der Waals surface area contributed by atoms with E-state index in [4.69, 9.17) is 0 Å². The summed E-state index contributed by atoms with van der Waals surface area (Å²) in [5.74, 6) is -0.0399. The van der Waals surface area contributed by atoms with Crippen LogP contribution >= 0.6 is 0 Å². The van der Waals surface area contributed by atoms with Crippen LogP contribution in [0.5, 0.6) is 0 Å². The van der Waals surface area contributed by atoms with Crippen LogP contribution < -0.4 is 16.6 Å². The molecule has 0 spiro atoms. The predicted octanol–water partition coefficient (Wildman–Crippen LogP) is -0.958. The number of aromatic nitrogens is 2. The van der Waals surface area contributed by atoms with Gasteiger partial charge >= 0.3 is 5.69 Å². The number of aryl methyl sites for hydroxylation is 1. The molecular weight excluding hydrogens is 260 g/mol. The highest BCUT2D eigenvalue weighted by atomic mass is 16.2. The Balaban J connectivity index is 2.81. The third kappa shape index (κ3) is 3.80. The number of carbonyl (C=O) groups excluding carboxylic acids is 1. The fourth-order valence-electron chi connectivity index (χ4n) is 1.90. The zero-order chi connectivity index (χ0) is 15.3. The molecule has 1 aromatic heterocycles. The lowest BCUT2D eigenvalue weighted by Crippen LogP contribution is -2.40. The SMILES string of the molecule is CCNCCC(=O)N(C)Cc1cn(C)c(=O)n(C)c1=O. The van der Waals surface area contributed by atoms with Gasteiger partial charge in [-0.25, -0.2) is 4.79 Å². The Hall–Kier alpha value is -1.89. The van der Waals surface area contributed by atoms with Gasteiger partial charge in [-0.1, -0.05) is 6.92 Å². The van der Waals surface area contributed by atoms with Gasteiger partial charge in [0, 0.05) is 40.3 Å². The Bertz CT molecular complexity index is 588. The van der Waals surface area contributed by atoms with Gasteiger partial charge < -0.3 is 14.8 Å². The first-order valence-electron chi connectivity index (χ1n) is 6.58. The van der Waals surface area contributed by atoms with Gasteiger partial charge in [0.1, 0.15) is 0 Å². The van der Waals surface area contributed by atoms with Gasteiger partial charge in [-0.05, 0) is 6.54 Å². The van der Waals surface area contributed by atoms with Crippen LogP contribution in [0.3, 0.4) is 0 Å². The van der Waals surface area contributed by atoms with Crippen LogP contribution in [0.25, 0.3) is 0 Å². The summed E-state index contributed by atoms with van der Waals surface area (Å²) in [6.45, 7) is 3.61. The fraction of sp³-hybridized carbons (Fsp3) is 0.615. The molecule has 7 nitrogen and oxygen atoms in total. The molecule has 0 saturated heterocycles. The molecule has 0 bridgehead atoms. The second-order valence-electron chi connectivity index (χ2n) is 4.77. The van der Waals surface area contributed by atoms with Gasteiger partial charge in [0.25, 0.3) is 5.56 Å². The maximum Gasteiger partial charge on any atom is 0.330 e. The zero-order valence-electron chi connectivity index (χ0n) is 12.5. The summed E-state index contributed by atoms with van der Waals surface area (Å²) in [5.41, 5.74) is -0.312. The third-order valence-electron chi connectivity index (χ3n) is 3.12. The van der Waals surface area contributed by atoms with Crippen LogP contribution in [-0.2, 0) is 25.4 Å². The molecule has 0 fully saturated rings. The van der Waals surface area contributed by atoms with Crippen molar-refractivity contribution in [1.82, 2.24) is 19.4 Å². The molecule has 1 N–H and O–H groups in total. The van der Waals surface area contributed by atoms with E-state index in [1.165, 1.54) is 22.7 Å². The van der Waals surface area contributed by atoms with Gasteiger partial charge in [-0.3, -0.25) is 14.2 Å². The van der Waals surface area contributed by atoms with E-state index in [-0.39, 0.29) is 23.7 Å². The van der Waals surface area contributed by atoms with Gasteiger partial charge in [0.2, 0.25) is 5.91 Å². The molecule has 112 valence electrons. The average molecular weight is 282 g/mol. The minimum atomic E-state index is -0.375. The smallest absolute Gasteiger partial charge is 0.330 e. The summed E-state index contributed by atoms with van der Waals surface area (Å²) >= 11 is 0. The van der Waals surface area contributed by atoms with Crippen molar-refractivity contribution in [3.8, 4) is 0 Å². The number of hydrogen-bond acceptors (Lipinski definition) is 4. The van der Waals surface area contributed by atoms with Crippen LogP contribution in [0, 0.1) is 0 Å². The Kier molecular flexibility index (Phi) is 5.69. The zero-order valence-corrected chi connectivity index (χ0v) is 12.5. The molecule has 1 rings (SSSR count). The van der Waals surface area contributed by atoms with Crippen molar-refractivity contribution in [2.75, 3.05) is 20.1 Å². The first kappa shape index (κ1) is 16.2. The van der Waals surface area contributed by atoms with Gasteiger partial charge in [0.15, 0.2) is 0 Å². The minimum Gasteiger partial charge on any atom is -0.341 e. The highest BCUT2D eigenvalue weighted by molar-refractivity contribution is 5.76. The van der Waals surface area contributed by atoms with Crippen molar-refractivity contribution in [2.45, 2.75) is 19.9 Å². The number of amides is 1. The Morgan fingerprint density at radius 2 is 2.00 bits per heavy atom. The largest absolute Gasteiger partial charge is 0.341 e. The summed E-state index contributed by atoms with van der Waals surface area (Å²) in [6.07, 6.45) is 1.87. The second kappa shape index (κ2) is 7.04. The predicted molar refractivity (Wildman–Crippen MR) is 76.6 cm³/mol. The molecule has 1 amide bonds. The number of nitrogens with one attached hydrogen (secondary N) is 1. The molecule has 0 aromatic carbocycles. The maximum atomic E-state index is 12.0. The van der Waals surface area contributed by atoms with E-state index in [1.54, 1.807) is 14.1 Å². The number of hydrogen-bond donors (Lipinski definition) is 1. The average Bonchev–Trinajstić information content (AvgIpc) is 2.42. The van der Waals surface area contributed by atoms with E-state index in [0.717, 1.165) is 11.1 Å². The summed E-state index contributed by atoms with van der Waals surface area (Å²) in [5, 5.41) is 3.08. The highest BCUT2D eigenvalue weighted by Crippen LogP contribution is 1.98. The molecule has 0 aliphatic rings. The maximum absolute atomic E-state index is 12.0. The Labute approximate surface area is 117 Å². The van der Waals surface area contributed by atoms with Crippen molar-refractivity contribution < 1.29 is 4.79 Å². The van der Waals surface area contributed by atoms with Crippen LogP contribution in [0.15, 0.2) is 15.8 Å². The summed E-state index contributed by atoms with van der Waals surface area (Å²) in [4.78, 5) is 36.9. The highest BCUT2D eigenvalue weighted by Gasteiger charge is 2.13. The van der Waals surface area contributed by atoms with Crippen LogP contribution in [0.4, 0.5) is 0 Å². The van der Waals surface area contributed by atoms with Crippen LogP contribution in [0.2, 0.25) is 0 Å². The van der Waals surface area contributed by atoms with Crippen molar-refractivity contribution in [3.63, 3.8) is 0 Å². The molecular formula is C13H22N4O3. The third-order valence-corrected chi connectivity index (χ3v) is 3.12. The lowest BCUT2D eigenvalue weighted by molar-refractivity contribution is -0.130. The summed E-state index contributed by atoms with van der Waals surface area (Å²) < 4.78 is 2.39. The van der Waals surface area contributed by atoms with Gasteiger partial charge in [-0.15, -0.1) is 0 Å². The quantitative estimate of drug-likeness (QED) is 0.682. The van der Waals surface area contributed by atoms with Gasteiger partial charge in [0.05, 0.1) is 12.1 Å². The molecule has 0 radical (unpaired) electrons. The first-order chi connectivity index (χ1) is 9.38. The monoisotopic (exact) mass is 282 g/mol. The van der Waals surface area contributed by atoms with Gasteiger partial charge in [-0.2, -0.15) is 0 Å². The number of carbonyl (C=O) groups is 1. The van der Waals surface area contributed by atoms with Crippen molar-refractivity contribution in [3.05, 3.63) is 32.6 Å². The van der Waals surface area contributed by atoms with Crippen molar-refractivity contribution >= 4 is 5.91 Å². The molecule has 0 aliphatic carbocycles. The van der Waals surface area contributed by atoms with Crippen LogP contribution in [0.1, 0.15) is 18.9 Å². The Morgan fingerprint density at radius 1 is 1.35 bits per heavy atom. The normalized spacial score (nSPS) is 10.6. The second-order valence-corrected chi connectivity index (χ2v) is 4.77. The van der Waals surface area contributed by atoms with E-state index in [9.17, 15) is 14.4 Å². The van der Waals surface area contributed by atoms with E-state index < -0.39 is 0 Å². The van der Waals surface area contributed by atoms with E-state index >= 15 is 0 Å². The topological polar surface area (TPSA) is 76.3 Å². The van der Waals surface area contributed by atoms with E-state index in [0.29, 0.717) is 18.5 Å². The first-order valence-corrected chi connectivity index (χ1v) is 6.58. The van der Waals surface area contributed by atoms with Crippen molar-refractivity contribution in [1.29, 1.82) is 0 Å². The van der Waals surface area contributed by atoms with Crippen LogP contribution in [-0.4, -0.2) is 40.1 Å². The fourth-order valence-corrected chi connectivity index (χ4v) is 1.90. The molecule has 0 aliphatic heterocycles. The number of rotatable bonds is 6. The molecule has 0 atom stereocenters. The van der Waals surface area contributed by atoms with E-state index in [1.807, 2.05) is 6.92 Å². The molecule has 0 saturated carbocycles. The molecule has 1 heterocycles. The Morgan fingerprint density at radius 3 is 2.60 bits per heavy atom. The minimum absolute atomic E-state index is 0.0399. The molecule has 1 aromatic rings. The lowest BCUT2D eigenvalue weighted by Gasteiger charge is -2.17. The lowest BCUT2D eigenvalue weighted by atomic mass is 10.3. The van der Waals surface area contributed by atoms with Crippen molar-refractivity contribution in [2.24, 2.45) is 14.1 Å². The standard InChI is InChI=1S/C13H22N4O3/c1-5-14-7-6-11(18)15(2)8-10-9-16(3)13(20)17(4)12(10)19/h9,14H,5-8H2,1-4H3. The summed E-state index contributed by atoms with van der Waals surface area (Å²) in [7, 11) is 4.66. The number of nitrogens with zero attached hydrogens (tertiary/aromatic N) is 3. The molecule has 0 unspecified atom stereocenters. The van der Waals surface area contributed by atoms with E-state index in [2.05, 4.69) is 5.32 Å². The molecule has 20 heavy (non-hydrogen) atoms.